The minimum Gasteiger partial charge on any atom is -0.352 e. The minimum atomic E-state index is 0.0210. The van der Waals surface area contributed by atoms with Crippen molar-refractivity contribution in [2.75, 3.05) is 26.2 Å². The number of likely N-dealkylation sites (tertiary alicyclic amines) is 1. The molecule has 1 aromatic carbocycles. The first-order valence-electron chi connectivity index (χ1n) is 11.5. The number of hydrogen-bond acceptors (Lipinski definition) is 3. The van der Waals surface area contributed by atoms with E-state index in [0.29, 0.717) is 25.8 Å². The Kier molecular flexibility index (Phi) is 10.8. The van der Waals surface area contributed by atoms with Crippen LogP contribution in [0.25, 0.3) is 0 Å². The van der Waals surface area contributed by atoms with E-state index in [1.54, 1.807) is 0 Å². The minimum absolute atomic E-state index is 0.0210. The van der Waals surface area contributed by atoms with Gasteiger partial charge in [-0.25, -0.2) is 0 Å². The number of hydrogen-bond donors (Lipinski definition) is 1. The maximum Gasteiger partial charge on any atom is 0.222 e. The van der Waals surface area contributed by atoms with E-state index in [1.165, 1.54) is 37.9 Å². The second-order valence-corrected chi connectivity index (χ2v) is 8.16. The van der Waals surface area contributed by atoms with Gasteiger partial charge in [0.1, 0.15) is 0 Å². The molecule has 29 heavy (non-hydrogen) atoms. The van der Waals surface area contributed by atoms with E-state index >= 15 is 0 Å². The lowest BCUT2D eigenvalue weighted by atomic mass is 10.1. The zero-order valence-corrected chi connectivity index (χ0v) is 18.4. The number of rotatable bonds is 12. The van der Waals surface area contributed by atoms with E-state index < -0.39 is 0 Å². The SMILES string of the molecule is CCCN(CCC)C(=O)CCCC(=O)NCc1ccc(CN2CCCCC2)cc1. The van der Waals surface area contributed by atoms with Crippen molar-refractivity contribution in [3.63, 3.8) is 0 Å². The quantitative estimate of drug-likeness (QED) is 0.573. The van der Waals surface area contributed by atoms with E-state index in [0.717, 1.165) is 38.0 Å². The molecule has 2 rings (SSSR count). The van der Waals surface area contributed by atoms with Gasteiger partial charge >= 0.3 is 0 Å². The zero-order chi connectivity index (χ0) is 20.9. The van der Waals surface area contributed by atoms with Crippen LogP contribution in [0.2, 0.25) is 0 Å². The summed E-state index contributed by atoms with van der Waals surface area (Å²) >= 11 is 0. The Morgan fingerprint density at radius 3 is 2.17 bits per heavy atom. The first-order valence-corrected chi connectivity index (χ1v) is 11.5. The first-order chi connectivity index (χ1) is 14.1. The number of nitrogens with zero attached hydrogens (tertiary/aromatic N) is 2. The third-order valence-corrected chi connectivity index (χ3v) is 5.50. The Hall–Kier alpha value is -1.88. The lowest BCUT2D eigenvalue weighted by Gasteiger charge is -2.26. The van der Waals surface area contributed by atoms with Gasteiger partial charge in [-0.15, -0.1) is 0 Å². The molecule has 1 aliphatic rings. The van der Waals surface area contributed by atoms with Crippen LogP contribution in [-0.2, 0) is 22.7 Å². The maximum absolute atomic E-state index is 12.2. The molecular formula is C24H39N3O2. The van der Waals surface area contributed by atoms with E-state index in [2.05, 4.69) is 48.3 Å². The average molecular weight is 402 g/mol. The fourth-order valence-corrected chi connectivity index (χ4v) is 3.89. The van der Waals surface area contributed by atoms with Crippen LogP contribution in [0.15, 0.2) is 24.3 Å². The van der Waals surface area contributed by atoms with Gasteiger partial charge in [-0.1, -0.05) is 44.5 Å². The topological polar surface area (TPSA) is 52.7 Å². The van der Waals surface area contributed by atoms with Gasteiger partial charge in [0.25, 0.3) is 0 Å². The molecule has 1 saturated heterocycles. The van der Waals surface area contributed by atoms with Crippen molar-refractivity contribution in [1.29, 1.82) is 0 Å². The average Bonchev–Trinajstić information content (AvgIpc) is 2.74. The third-order valence-electron chi connectivity index (χ3n) is 5.50. The van der Waals surface area contributed by atoms with Gasteiger partial charge in [-0.2, -0.15) is 0 Å². The Morgan fingerprint density at radius 2 is 1.55 bits per heavy atom. The number of carbonyl (C=O) groups excluding carboxylic acids is 2. The van der Waals surface area contributed by atoms with Crippen molar-refractivity contribution >= 4 is 11.8 Å². The van der Waals surface area contributed by atoms with Crippen LogP contribution in [0.3, 0.4) is 0 Å². The van der Waals surface area contributed by atoms with Crippen LogP contribution < -0.4 is 5.32 Å². The molecule has 0 unspecified atom stereocenters. The highest BCUT2D eigenvalue weighted by Gasteiger charge is 2.13. The van der Waals surface area contributed by atoms with E-state index in [1.807, 2.05) is 4.90 Å². The summed E-state index contributed by atoms with van der Waals surface area (Å²) in [5, 5.41) is 2.98. The van der Waals surface area contributed by atoms with Crippen molar-refractivity contribution in [1.82, 2.24) is 15.1 Å². The van der Waals surface area contributed by atoms with E-state index in [4.69, 9.17) is 0 Å². The summed E-state index contributed by atoms with van der Waals surface area (Å²) in [5.74, 6) is 0.193. The molecule has 1 aromatic rings. The van der Waals surface area contributed by atoms with Gasteiger partial charge < -0.3 is 10.2 Å². The molecule has 1 fully saturated rings. The summed E-state index contributed by atoms with van der Waals surface area (Å²) in [4.78, 5) is 28.8. The summed E-state index contributed by atoms with van der Waals surface area (Å²) in [6.07, 6.45) is 7.41. The molecule has 0 aromatic heterocycles. The second kappa shape index (κ2) is 13.4. The molecule has 0 spiro atoms. The van der Waals surface area contributed by atoms with Gasteiger partial charge in [0.2, 0.25) is 11.8 Å². The van der Waals surface area contributed by atoms with Crippen LogP contribution in [0.4, 0.5) is 0 Å². The van der Waals surface area contributed by atoms with Crippen LogP contribution >= 0.6 is 0 Å². The summed E-state index contributed by atoms with van der Waals surface area (Å²) in [6.45, 7) is 9.78. The molecule has 1 heterocycles. The summed E-state index contributed by atoms with van der Waals surface area (Å²) < 4.78 is 0. The van der Waals surface area contributed by atoms with Crippen molar-refractivity contribution in [2.24, 2.45) is 0 Å². The number of piperidine rings is 1. The molecule has 162 valence electrons. The molecule has 0 saturated carbocycles. The number of amides is 2. The Labute approximate surface area is 176 Å². The normalized spacial score (nSPS) is 14.6. The first kappa shape index (κ1) is 23.4. The van der Waals surface area contributed by atoms with Gasteiger partial charge in [0.05, 0.1) is 0 Å². The molecule has 5 heteroatoms. The highest BCUT2D eigenvalue weighted by Crippen LogP contribution is 2.13. The van der Waals surface area contributed by atoms with Crippen molar-refractivity contribution in [3.05, 3.63) is 35.4 Å². The largest absolute Gasteiger partial charge is 0.352 e. The van der Waals surface area contributed by atoms with Gasteiger partial charge in [-0.3, -0.25) is 14.5 Å². The predicted molar refractivity (Wildman–Crippen MR) is 118 cm³/mol. The molecule has 1 N–H and O–H groups in total. The second-order valence-electron chi connectivity index (χ2n) is 8.16. The molecular weight excluding hydrogens is 362 g/mol. The van der Waals surface area contributed by atoms with Crippen LogP contribution in [0.5, 0.6) is 0 Å². The third kappa shape index (κ3) is 8.99. The maximum atomic E-state index is 12.2. The fourth-order valence-electron chi connectivity index (χ4n) is 3.89. The monoisotopic (exact) mass is 401 g/mol. The summed E-state index contributed by atoms with van der Waals surface area (Å²) in [7, 11) is 0. The predicted octanol–water partition coefficient (Wildman–Crippen LogP) is 4.11. The summed E-state index contributed by atoms with van der Waals surface area (Å²) in [6, 6.07) is 8.56. The Balaban J connectivity index is 1.64. The molecule has 0 radical (unpaired) electrons. The van der Waals surface area contributed by atoms with Crippen LogP contribution in [0.1, 0.15) is 76.3 Å². The van der Waals surface area contributed by atoms with Gasteiger partial charge in [0.15, 0.2) is 0 Å². The van der Waals surface area contributed by atoms with Crippen molar-refractivity contribution in [3.8, 4) is 0 Å². The Morgan fingerprint density at radius 1 is 0.931 bits per heavy atom. The molecule has 5 nitrogen and oxygen atoms in total. The van der Waals surface area contributed by atoms with Crippen molar-refractivity contribution < 1.29 is 9.59 Å². The van der Waals surface area contributed by atoms with E-state index in [9.17, 15) is 9.59 Å². The molecule has 0 aliphatic carbocycles. The smallest absolute Gasteiger partial charge is 0.222 e. The van der Waals surface area contributed by atoms with Crippen LogP contribution in [0, 0.1) is 0 Å². The lowest BCUT2D eigenvalue weighted by Crippen LogP contribution is -2.32. The molecule has 1 aliphatic heterocycles. The number of carbonyl (C=O) groups is 2. The van der Waals surface area contributed by atoms with E-state index in [-0.39, 0.29) is 11.8 Å². The lowest BCUT2D eigenvalue weighted by molar-refractivity contribution is -0.131. The highest BCUT2D eigenvalue weighted by molar-refractivity contribution is 5.79. The Bertz CT molecular complexity index is 603. The molecule has 0 atom stereocenters. The highest BCUT2D eigenvalue weighted by atomic mass is 16.2. The fraction of sp³-hybridized carbons (Fsp3) is 0.667. The van der Waals surface area contributed by atoms with Crippen molar-refractivity contribution in [2.45, 2.75) is 78.3 Å². The van der Waals surface area contributed by atoms with Crippen LogP contribution in [-0.4, -0.2) is 47.8 Å². The standard InChI is InChI=1S/C24H39N3O2/c1-3-15-27(16-4-2)24(29)10-8-9-23(28)25-19-21-11-13-22(14-12-21)20-26-17-6-5-7-18-26/h11-14H,3-10,15-20H2,1-2H3,(H,25,28). The molecule has 2 amide bonds. The molecule has 0 bridgehead atoms. The zero-order valence-electron chi connectivity index (χ0n) is 18.4. The number of benzene rings is 1. The number of nitrogens with one attached hydrogen (secondary N) is 1. The summed E-state index contributed by atoms with van der Waals surface area (Å²) in [5.41, 5.74) is 2.46. The van der Waals surface area contributed by atoms with Gasteiger partial charge in [0, 0.05) is 39.0 Å². The van der Waals surface area contributed by atoms with Gasteiger partial charge in [-0.05, 0) is 56.3 Å².